The summed E-state index contributed by atoms with van der Waals surface area (Å²) in [6, 6.07) is 6.13. The fourth-order valence-electron chi connectivity index (χ4n) is 3.33. The van der Waals surface area contributed by atoms with Gasteiger partial charge in [-0.1, -0.05) is 49.0 Å². The van der Waals surface area contributed by atoms with Gasteiger partial charge in [0.1, 0.15) is 0 Å². The van der Waals surface area contributed by atoms with Gasteiger partial charge in [0.05, 0.1) is 10.0 Å². The summed E-state index contributed by atoms with van der Waals surface area (Å²) in [5, 5.41) is 4.68. The van der Waals surface area contributed by atoms with Gasteiger partial charge in [0.25, 0.3) is 0 Å². The van der Waals surface area contributed by atoms with Crippen LogP contribution in [0, 0.1) is 5.92 Å². The molecule has 0 saturated heterocycles. The predicted molar refractivity (Wildman–Crippen MR) is 79.7 cm³/mol. The van der Waals surface area contributed by atoms with Crippen LogP contribution in [0.25, 0.3) is 0 Å². The second-order valence-electron chi connectivity index (χ2n) is 5.46. The molecule has 18 heavy (non-hydrogen) atoms. The van der Waals surface area contributed by atoms with Gasteiger partial charge in [0.2, 0.25) is 0 Å². The van der Waals surface area contributed by atoms with Gasteiger partial charge in [-0.15, -0.1) is 0 Å². The molecular formula is C15H21Cl2N. The first-order valence-corrected chi connectivity index (χ1v) is 7.46. The Bertz CT molecular complexity index is 415. The Morgan fingerprint density at radius 3 is 2.67 bits per heavy atom. The van der Waals surface area contributed by atoms with E-state index in [2.05, 4.69) is 24.4 Å². The quantitative estimate of drug-likeness (QED) is 0.852. The number of rotatable bonds is 3. The van der Waals surface area contributed by atoms with E-state index < -0.39 is 0 Å². The predicted octanol–water partition coefficient (Wildman–Crippen LogP) is 4.66. The second kappa shape index (κ2) is 5.81. The highest BCUT2D eigenvalue weighted by molar-refractivity contribution is 6.42. The number of likely N-dealkylation sites (N-methyl/N-ethyl adjacent to an activating group) is 1. The molecule has 100 valence electrons. The third-order valence-corrected chi connectivity index (χ3v) is 5.18. The highest BCUT2D eigenvalue weighted by Crippen LogP contribution is 2.44. The van der Waals surface area contributed by atoms with Crippen LogP contribution < -0.4 is 5.32 Å². The Hall–Kier alpha value is -0.240. The van der Waals surface area contributed by atoms with E-state index in [1.807, 2.05) is 13.1 Å². The molecule has 1 saturated carbocycles. The Morgan fingerprint density at radius 2 is 2.06 bits per heavy atom. The Morgan fingerprint density at radius 1 is 1.28 bits per heavy atom. The van der Waals surface area contributed by atoms with E-state index in [9.17, 15) is 0 Å². The minimum absolute atomic E-state index is 0.210. The van der Waals surface area contributed by atoms with Gasteiger partial charge in [-0.3, -0.25) is 0 Å². The molecule has 1 aromatic rings. The summed E-state index contributed by atoms with van der Waals surface area (Å²) in [6.45, 7) is 3.37. The minimum Gasteiger partial charge on any atom is -0.319 e. The average Bonchev–Trinajstić information content (AvgIpc) is 2.36. The summed E-state index contributed by atoms with van der Waals surface area (Å²) in [7, 11) is 2.03. The lowest BCUT2D eigenvalue weighted by Gasteiger charge is -2.43. The largest absolute Gasteiger partial charge is 0.319 e. The Labute approximate surface area is 120 Å². The molecule has 1 N–H and O–H groups in total. The van der Waals surface area contributed by atoms with Crippen LogP contribution in [0.4, 0.5) is 0 Å². The molecule has 1 aliphatic carbocycles. The molecule has 0 radical (unpaired) electrons. The van der Waals surface area contributed by atoms with Crippen molar-refractivity contribution < 1.29 is 0 Å². The molecule has 2 unspecified atom stereocenters. The Balaban J connectivity index is 2.42. The average molecular weight is 286 g/mol. The number of nitrogens with one attached hydrogen (secondary N) is 1. The van der Waals surface area contributed by atoms with Gasteiger partial charge in [-0.05, 0) is 43.5 Å². The van der Waals surface area contributed by atoms with Crippen molar-refractivity contribution in [2.24, 2.45) is 5.92 Å². The zero-order valence-electron chi connectivity index (χ0n) is 11.1. The van der Waals surface area contributed by atoms with Crippen molar-refractivity contribution in [2.45, 2.75) is 38.0 Å². The number of hydrogen-bond acceptors (Lipinski definition) is 1. The second-order valence-corrected chi connectivity index (χ2v) is 6.28. The molecule has 0 spiro atoms. The maximum Gasteiger partial charge on any atom is 0.0595 e. The molecule has 3 heteroatoms. The molecule has 1 aliphatic rings. The van der Waals surface area contributed by atoms with Crippen LogP contribution >= 0.6 is 23.2 Å². The van der Waals surface area contributed by atoms with Crippen molar-refractivity contribution in [2.75, 3.05) is 13.6 Å². The van der Waals surface area contributed by atoms with E-state index >= 15 is 0 Å². The number of hydrogen-bond donors (Lipinski definition) is 1. The zero-order chi connectivity index (χ0) is 13.2. The lowest BCUT2D eigenvalue weighted by Crippen LogP contribution is -2.44. The van der Waals surface area contributed by atoms with Crippen molar-refractivity contribution in [3.63, 3.8) is 0 Å². The Kier molecular flexibility index (Phi) is 4.58. The van der Waals surface area contributed by atoms with Crippen molar-refractivity contribution in [3.8, 4) is 0 Å². The minimum atomic E-state index is 0.210. The first kappa shape index (κ1) is 14.2. The van der Waals surface area contributed by atoms with E-state index in [0.717, 1.165) is 6.54 Å². The number of benzene rings is 1. The van der Waals surface area contributed by atoms with Gasteiger partial charge in [-0.25, -0.2) is 0 Å². The van der Waals surface area contributed by atoms with Crippen LogP contribution in [0.5, 0.6) is 0 Å². The summed E-state index contributed by atoms with van der Waals surface area (Å²) >= 11 is 12.2. The molecule has 0 bridgehead atoms. The SMILES string of the molecule is CNCC1(c2ccc(Cl)c(Cl)c2)CCCCC1C. The molecule has 0 heterocycles. The van der Waals surface area contributed by atoms with Crippen LogP contribution in [0.15, 0.2) is 18.2 Å². The first-order valence-electron chi connectivity index (χ1n) is 6.70. The fraction of sp³-hybridized carbons (Fsp3) is 0.600. The van der Waals surface area contributed by atoms with Crippen molar-refractivity contribution in [1.82, 2.24) is 5.32 Å². The van der Waals surface area contributed by atoms with Gasteiger partial charge in [0, 0.05) is 12.0 Å². The fourth-order valence-corrected chi connectivity index (χ4v) is 3.63. The van der Waals surface area contributed by atoms with Gasteiger partial charge < -0.3 is 5.32 Å². The topological polar surface area (TPSA) is 12.0 Å². The van der Waals surface area contributed by atoms with E-state index in [0.29, 0.717) is 16.0 Å². The van der Waals surface area contributed by atoms with Gasteiger partial charge in [0.15, 0.2) is 0 Å². The molecule has 1 aromatic carbocycles. The van der Waals surface area contributed by atoms with Crippen molar-refractivity contribution in [3.05, 3.63) is 33.8 Å². The highest BCUT2D eigenvalue weighted by Gasteiger charge is 2.39. The van der Waals surface area contributed by atoms with Crippen LogP contribution in [-0.2, 0) is 5.41 Å². The smallest absolute Gasteiger partial charge is 0.0595 e. The first-order chi connectivity index (χ1) is 8.60. The van der Waals surface area contributed by atoms with E-state index in [1.54, 1.807) is 0 Å². The van der Waals surface area contributed by atoms with E-state index in [4.69, 9.17) is 23.2 Å². The molecule has 2 atom stereocenters. The summed E-state index contributed by atoms with van der Waals surface area (Å²) in [6.07, 6.45) is 5.16. The maximum atomic E-state index is 6.19. The molecule has 1 fully saturated rings. The van der Waals surface area contributed by atoms with E-state index in [1.165, 1.54) is 31.2 Å². The summed E-state index contributed by atoms with van der Waals surface area (Å²) in [4.78, 5) is 0. The molecule has 0 aromatic heterocycles. The molecule has 2 rings (SSSR count). The highest BCUT2D eigenvalue weighted by atomic mass is 35.5. The van der Waals surface area contributed by atoms with Crippen LogP contribution in [0.3, 0.4) is 0 Å². The number of halogens is 2. The normalized spacial score (nSPS) is 28.3. The molecule has 0 aliphatic heterocycles. The zero-order valence-corrected chi connectivity index (χ0v) is 12.6. The monoisotopic (exact) mass is 285 g/mol. The van der Waals surface area contributed by atoms with Crippen LogP contribution in [0.1, 0.15) is 38.2 Å². The summed E-state index contributed by atoms with van der Waals surface area (Å²) < 4.78 is 0. The third-order valence-electron chi connectivity index (χ3n) is 4.44. The van der Waals surface area contributed by atoms with Gasteiger partial charge in [-0.2, -0.15) is 0 Å². The molecule has 1 nitrogen and oxygen atoms in total. The summed E-state index contributed by atoms with van der Waals surface area (Å²) in [5.41, 5.74) is 1.54. The summed E-state index contributed by atoms with van der Waals surface area (Å²) in [5.74, 6) is 0.677. The van der Waals surface area contributed by atoms with Crippen molar-refractivity contribution in [1.29, 1.82) is 0 Å². The lowest BCUT2D eigenvalue weighted by molar-refractivity contribution is 0.197. The molecular weight excluding hydrogens is 265 g/mol. The van der Waals surface area contributed by atoms with Crippen LogP contribution in [-0.4, -0.2) is 13.6 Å². The van der Waals surface area contributed by atoms with E-state index in [-0.39, 0.29) is 5.41 Å². The van der Waals surface area contributed by atoms with Gasteiger partial charge >= 0.3 is 0 Å². The van der Waals surface area contributed by atoms with Crippen LogP contribution in [0.2, 0.25) is 10.0 Å². The lowest BCUT2D eigenvalue weighted by atomic mass is 9.63. The third kappa shape index (κ3) is 2.54. The maximum absolute atomic E-state index is 6.19. The standard InChI is InChI=1S/C15H21Cl2N/c1-11-5-3-4-8-15(11,10-18-2)12-6-7-13(16)14(17)9-12/h6-7,9,11,18H,3-5,8,10H2,1-2H3. The van der Waals surface area contributed by atoms with Crippen molar-refractivity contribution >= 4 is 23.2 Å². The molecule has 0 amide bonds.